The molecule has 0 unspecified atom stereocenters. The van der Waals surface area contributed by atoms with Crippen molar-refractivity contribution in [3.63, 3.8) is 0 Å². The lowest BCUT2D eigenvalue weighted by molar-refractivity contribution is -0.00100. The topological polar surface area (TPSA) is 0 Å². The quantitative estimate of drug-likeness (QED) is 0.134. The van der Waals surface area contributed by atoms with Crippen molar-refractivity contribution in [1.82, 2.24) is 0 Å². The van der Waals surface area contributed by atoms with E-state index in [9.17, 15) is 0 Å². The standard InChI is InChI=1S/C52H42P2.2BrH/c1-7-25-45(26-8-1)53(46-27-9-2-10-28-46,47-29-11-3-12-30-47)39-43-23-19-21-41-37-42-22-20-24-44(52(42)38-51(41)43)40-54(48-31-13-4-14-32-48,49-33-15-5-16-34-49)50-35-17-6-18-36-50;;/h1-38H,39-40H2;2*1H/q+2;;/p-2. The van der Waals surface area contributed by atoms with E-state index in [1.54, 1.807) is 0 Å². The molecule has 0 aliphatic rings. The maximum atomic E-state index is 2.53. The normalized spacial score (nSPS) is 11.4. The summed E-state index contributed by atoms with van der Waals surface area (Å²) in [4.78, 5) is 0. The second-order valence-electron chi connectivity index (χ2n) is 14.1. The highest BCUT2D eigenvalue weighted by molar-refractivity contribution is 7.95. The predicted molar refractivity (Wildman–Crippen MR) is 239 cm³/mol. The van der Waals surface area contributed by atoms with Crippen molar-refractivity contribution in [2.75, 3.05) is 0 Å². The van der Waals surface area contributed by atoms with E-state index in [0.29, 0.717) is 0 Å². The minimum Gasteiger partial charge on any atom is -1.00 e. The zero-order valence-electron chi connectivity index (χ0n) is 31.0. The van der Waals surface area contributed by atoms with E-state index in [1.807, 2.05) is 0 Å². The second-order valence-corrected chi connectivity index (χ2v) is 21.0. The molecule has 0 nitrogen and oxygen atoms in total. The first-order valence-corrected chi connectivity index (χ1v) is 22.7. The van der Waals surface area contributed by atoms with Gasteiger partial charge in [0.15, 0.2) is 0 Å². The molecule has 9 aromatic rings. The molecule has 0 spiro atoms. The number of hydrogen-bond acceptors (Lipinski definition) is 0. The molecule has 0 heterocycles. The third-order valence-corrected chi connectivity index (χ3v) is 19.8. The van der Waals surface area contributed by atoms with Crippen LogP contribution < -0.4 is 65.8 Å². The van der Waals surface area contributed by atoms with Crippen LogP contribution in [0.15, 0.2) is 231 Å². The lowest BCUT2D eigenvalue weighted by Crippen LogP contribution is -3.00. The molecule has 0 aliphatic heterocycles. The van der Waals surface area contributed by atoms with E-state index < -0.39 is 14.5 Å². The van der Waals surface area contributed by atoms with Gasteiger partial charge >= 0.3 is 0 Å². The van der Waals surface area contributed by atoms with Crippen LogP contribution in [0, 0.1) is 0 Å². The average Bonchev–Trinajstić information content (AvgIpc) is 3.26. The van der Waals surface area contributed by atoms with Gasteiger partial charge in [-0.1, -0.05) is 146 Å². The third kappa shape index (κ3) is 7.33. The molecule has 0 amide bonds. The van der Waals surface area contributed by atoms with Gasteiger partial charge in [-0.05, 0) is 118 Å². The molecule has 0 bridgehead atoms. The van der Waals surface area contributed by atoms with Crippen LogP contribution in [0.25, 0.3) is 21.5 Å². The molecule has 56 heavy (non-hydrogen) atoms. The minimum atomic E-state index is -2.10. The molecule has 0 saturated heterocycles. The van der Waals surface area contributed by atoms with Gasteiger partial charge in [0.2, 0.25) is 0 Å². The minimum absolute atomic E-state index is 0. The van der Waals surface area contributed by atoms with Gasteiger partial charge in [0.1, 0.15) is 46.4 Å². The van der Waals surface area contributed by atoms with Gasteiger partial charge in [-0.25, -0.2) is 0 Å². The molecule has 274 valence electrons. The van der Waals surface area contributed by atoms with E-state index in [-0.39, 0.29) is 34.0 Å². The molecule has 4 heteroatoms. The van der Waals surface area contributed by atoms with Crippen LogP contribution in [-0.4, -0.2) is 0 Å². The Bertz CT molecular complexity index is 2260. The number of fused-ring (bicyclic) bond motifs is 2. The maximum absolute atomic E-state index is 2.53. The van der Waals surface area contributed by atoms with Crippen molar-refractivity contribution in [1.29, 1.82) is 0 Å². The van der Waals surface area contributed by atoms with Gasteiger partial charge in [0, 0.05) is 0 Å². The highest BCUT2D eigenvalue weighted by atomic mass is 79.9. The molecule has 0 aromatic heterocycles. The molecule has 9 rings (SSSR count). The Kier molecular flexibility index (Phi) is 12.5. The Hall–Kier alpha value is -4.68. The largest absolute Gasteiger partial charge is 1.00 e. The number of rotatable bonds is 10. The Balaban J connectivity index is 0.00000240. The summed E-state index contributed by atoms with van der Waals surface area (Å²) in [5.74, 6) is 0. The smallest absolute Gasteiger partial charge is 0.116 e. The van der Waals surface area contributed by atoms with Crippen LogP contribution in [0.1, 0.15) is 11.1 Å². The summed E-state index contributed by atoms with van der Waals surface area (Å²) < 4.78 is 0. The van der Waals surface area contributed by atoms with E-state index in [4.69, 9.17) is 0 Å². The first kappa shape index (κ1) is 39.6. The summed E-state index contributed by atoms with van der Waals surface area (Å²) in [6, 6.07) is 86.5. The van der Waals surface area contributed by atoms with Crippen molar-refractivity contribution < 1.29 is 34.0 Å². The van der Waals surface area contributed by atoms with Gasteiger partial charge in [-0.3, -0.25) is 0 Å². The molecule has 0 radical (unpaired) electrons. The summed E-state index contributed by atoms with van der Waals surface area (Å²) in [5.41, 5.74) is 2.79. The maximum Gasteiger partial charge on any atom is 0.116 e. The molecule has 0 N–H and O–H groups in total. The SMILES string of the molecule is [Br-].[Br-].c1ccc([P+](Cc2cccc3cc4cccc(C[P+](c5ccccc5)(c5ccccc5)c5ccccc5)c4cc23)(c2ccccc2)c2ccccc2)cc1. The number of halogens is 2. The Morgan fingerprint density at radius 3 is 0.750 bits per heavy atom. The van der Waals surface area contributed by atoms with Crippen molar-refractivity contribution in [3.8, 4) is 0 Å². The van der Waals surface area contributed by atoms with Crippen LogP contribution in [0.2, 0.25) is 0 Å². The van der Waals surface area contributed by atoms with Crippen LogP contribution in [0.4, 0.5) is 0 Å². The van der Waals surface area contributed by atoms with Gasteiger partial charge in [-0.15, -0.1) is 0 Å². The summed E-state index contributed by atoms with van der Waals surface area (Å²) in [6.07, 6.45) is 1.87. The van der Waals surface area contributed by atoms with Gasteiger partial charge < -0.3 is 34.0 Å². The van der Waals surface area contributed by atoms with E-state index in [0.717, 1.165) is 12.3 Å². The second kappa shape index (κ2) is 17.6. The molecule has 0 saturated carbocycles. The highest BCUT2D eigenvalue weighted by Crippen LogP contribution is 2.60. The fourth-order valence-corrected chi connectivity index (χ4v) is 17.0. The zero-order chi connectivity index (χ0) is 36.2. The number of benzene rings is 9. The van der Waals surface area contributed by atoms with Crippen molar-refractivity contribution in [3.05, 3.63) is 242 Å². The third-order valence-electron chi connectivity index (χ3n) is 11.1. The molecule has 0 fully saturated rings. The van der Waals surface area contributed by atoms with Gasteiger partial charge in [-0.2, -0.15) is 0 Å². The number of hydrogen-bond donors (Lipinski definition) is 0. The molecular weight excluding hydrogens is 846 g/mol. The molecule has 0 atom stereocenters. The molecule has 9 aromatic carbocycles. The predicted octanol–water partition coefficient (Wildman–Crippen LogP) is 4.99. The molecular formula is C52H42Br2P2. The van der Waals surface area contributed by atoms with E-state index >= 15 is 0 Å². The monoisotopic (exact) mass is 886 g/mol. The average molecular weight is 889 g/mol. The fourth-order valence-electron chi connectivity index (χ4n) is 8.51. The zero-order valence-corrected chi connectivity index (χ0v) is 36.0. The van der Waals surface area contributed by atoms with Crippen molar-refractivity contribution in [2.45, 2.75) is 12.3 Å². The van der Waals surface area contributed by atoms with Crippen molar-refractivity contribution >= 4 is 67.9 Å². The highest BCUT2D eigenvalue weighted by Gasteiger charge is 2.47. The van der Waals surface area contributed by atoms with E-state index in [1.165, 1.54) is 64.5 Å². The lowest BCUT2D eigenvalue weighted by atomic mass is 9.98. The Labute approximate surface area is 353 Å². The summed E-state index contributed by atoms with van der Waals surface area (Å²) in [6.45, 7) is 0. The van der Waals surface area contributed by atoms with Gasteiger partial charge in [0.25, 0.3) is 0 Å². The van der Waals surface area contributed by atoms with Crippen LogP contribution in [-0.2, 0) is 12.3 Å². The Morgan fingerprint density at radius 1 is 0.250 bits per heavy atom. The summed E-state index contributed by atoms with van der Waals surface area (Å²) in [5, 5.41) is 13.7. The van der Waals surface area contributed by atoms with E-state index in [2.05, 4.69) is 231 Å². The molecule has 0 aliphatic carbocycles. The van der Waals surface area contributed by atoms with Crippen molar-refractivity contribution in [2.24, 2.45) is 0 Å². The first-order valence-electron chi connectivity index (χ1n) is 18.8. The fraction of sp³-hybridized carbons (Fsp3) is 0.0385. The summed E-state index contributed by atoms with van der Waals surface area (Å²) >= 11 is 0. The first-order chi connectivity index (χ1) is 26.8. The van der Waals surface area contributed by atoms with Gasteiger partial charge in [0.05, 0.1) is 12.3 Å². The van der Waals surface area contributed by atoms with Crippen LogP contribution in [0.5, 0.6) is 0 Å². The van der Waals surface area contributed by atoms with Crippen LogP contribution in [0.3, 0.4) is 0 Å². The lowest BCUT2D eigenvalue weighted by Gasteiger charge is -2.29. The Morgan fingerprint density at radius 2 is 0.500 bits per heavy atom. The van der Waals surface area contributed by atoms with Crippen LogP contribution >= 0.6 is 14.5 Å². The summed E-state index contributed by atoms with van der Waals surface area (Å²) in [7, 11) is -4.20.